The van der Waals surface area contributed by atoms with Crippen LogP contribution in [-0.2, 0) is 15.7 Å². The van der Waals surface area contributed by atoms with Gasteiger partial charge in [-0.3, -0.25) is 9.69 Å². The molecule has 0 radical (unpaired) electrons. The Hall–Kier alpha value is -1.76. The van der Waals surface area contributed by atoms with Crippen molar-refractivity contribution in [2.75, 3.05) is 32.8 Å². The van der Waals surface area contributed by atoms with E-state index in [9.17, 15) is 18.0 Å². The van der Waals surface area contributed by atoms with Gasteiger partial charge >= 0.3 is 12.1 Å². The van der Waals surface area contributed by atoms with Crippen molar-refractivity contribution in [3.63, 3.8) is 0 Å². The number of esters is 1. The number of alkyl halides is 3. The van der Waals surface area contributed by atoms with E-state index in [1.165, 1.54) is 12.1 Å². The van der Waals surface area contributed by atoms with Gasteiger partial charge in [-0.05, 0) is 44.0 Å². The van der Waals surface area contributed by atoms with Crippen LogP contribution in [0, 0.1) is 5.92 Å². The van der Waals surface area contributed by atoms with Crippen LogP contribution in [0.4, 0.5) is 13.2 Å². The minimum Gasteiger partial charge on any atom is -0.492 e. The molecule has 4 nitrogen and oxygen atoms in total. The summed E-state index contributed by atoms with van der Waals surface area (Å²) < 4.78 is 48.9. The molecule has 1 aliphatic rings. The van der Waals surface area contributed by atoms with Crippen LogP contribution in [0.5, 0.6) is 5.75 Å². The van der Waals surface area contributed by atoms with Crippen LogP contribution in [0.25, 0.3) is 0 Å². The number of unbranched alkanes of at least 4 members (excludes halogenated alkanes) is 1. The first-order valence-electron chi connectivity index (χ1n) is 9.09. The zero-order valence-corrected chi connectivity index (χ0v) is 15.1. The average Bonchev–Trinajstić information content (AvgIpc) is 2.62. The van der Waals surface area contributed by atoms with Gasteiger partial charge in [0.1, 0.15) is 12.4 Å². The van der Waals surface area contributed by atoms with Crippen molar-refractivity contribution in [1.82, 2.24) is 4.90 Å². The second-order valence-electron chi connectivity index (χ2n) is 6.53. The van der Waals surface area contributed by atoms with E-state index in [2.05, 4.69) is 4.90 Å². The van der Waals surface area contributed by atoms with Gasteiger partial charge in [0.05, 0.1) is 18.1 Å². The summed E-state index contributed by atoms with van der Waals surface area (Å²) in [5.74, 6) is -0.0801. The Morgan fingerprint density at radius 2 is 2.12 bits per heavy atom. The molecular weight excluding hydrogens is 347 g/mol. The highest BCUT2D eigenvalue weighted by Crippen LogP contribution is 2.31. The lowest BCUT2D eigenvalue weighted by Crippen LogP contribution is -2.41. The summed E-state index contributed by atoms with van der Waals surface area (Å²) in [6, 6.07) is 4.87. The Balaban J connectivity index is 1.76. The lowest BCUT2D eigenvalue weighted by Gasteiger charge is -2.31. The summed E-state index contributed by atoms with van der Waals surface area (Å²) in [5.41, 5.74) is -0.720. The van der Waals surface area contributed by atoms with E-state index in [0.29, 0.717) is 19.7 Å². The van der Waals surface area contributed by atoms with Crippen molar-refractivity contribution in [2.24, 2.45) is 5.92 Å². The first kappa shape index (κ1) is 20.6. The maximum absolute atomic E-state index is 12.7. The number of hydrogen-bond acceptors (Lipinski definition) is 4. The zero-order chi connectivity index (χ0) is 19.0. The Morgan fingerprint density at radius 3 is 2.85 bits per heavy atom. The minimum absolute atomic E-state index is 0.130. The number of benzene rings is 1. The quantitative estimate of drug-likeness (QED) is 0.507. The lowest BCUT2D eigenvalue weighted by atomic mass is 9.98. The molecule has 1 saturated heterocycles. The van der Waals surface area contributed by atoms with Crippen LogP contribution in [-0.4, -0.2) is 43.7 Å². The maximum atomic E-state index is 12.7. The molecule has 1 heterocycles. The predicted molar refractivity (Wildman–Crippen MR) is 92.0 cm³/mol. The fourth-order valence-electron chi connectivity index (χ4n) is 2.94. The Morgan fingerprint density at radius 1 is 1.31 bits per heavy atom. The van der Waals surface area contributed by atoms with Crippen molar-refractivity contribution in [3.05, 3.63) is 29.8 Å². The summed E-state index contributed by atoms with van der Waals surface area (Å²) in [6.07, 6.45) is -0.811. The highest BCUT2D eigenvalue weighted by atomic mass is 19.4. The van der Waals surface area contributed by atoms with Gasteiger partial charge in [0.15, 0.2) is 0 Å². The van der Waals surface area contributed by atoms with Gasteiger partial charge in [-0.1, -0.05) is 19.4 Å². The maximum Gasteiger partial charge on any atom is 0.416 e. The first-order valence-corrected chi connectivity index (χ1v) is 9.09. The average molecular weight is 373 g/mol. The van der Waals surface area contributed by atoms with E-state index >= 15 is 0 Å². The van der Waals surface area contributed by atoms with Crippen LogP contribution in [0.15, 0.2) is 24.3 Å². The molecule has 146 valence electrons. The standard InChI is InChI=1S/C19H26F3NO3/c1-2-3-11-26-18(24)15-6-5-9-23(14-15)10-12-25-17-8-4-7-16(13-17)19(20,21)22/h4,7-8,13,15H,2-3,5-6,9-12,14H2,1H3. The number of likely N-dealkylation sites (tertiary alicyclic amines) is 1. The third-order valence-electron chi connectivity index (χ3n) is 4.42. The molecular formula is C19H26F3NO3. The number of carbonyl (C=O) groups is 1. The molecule has 0 bridgehead atoms. The van der Waals surface area contributed by atoms with Gasteiger partial charge in [-0.15, -0.1) is 0 Å². The first-order chi connectivity index (χ1) is 12.4. The van der Waals surface area contributed by atoms with E-state index in [4.69, 9.17) is 9.47 Å². The molecule has 0 N–H and O–H groups in total. The molecule has 1 atom stereocenters. The summed E-state index contributed by atoms with van der Waals surface area (Å²) in [6.45, 7) is 4.81. The summed E-state index contributed by atoms with van der Waals surface area (Å²) in [4.78, 5) is 14.2. The van der Waals surface area contributed by atoms with Gasteiger partial charge in [0.25, 0.3) is 0 Å². The lowest BCUT2D eigenvalue weighted by molar-refractivity contribution is -0.150. The fourth-order valence-corrected chi connectivity index (χ4v) is 2.94. The van der Waals surface area contributed by atoms with E-state index in [1.54, 1.807) is 0 Å². The number of piperidine rings is 1. The summed E-state index contributed by atoms with van der Waals surface area (Å²) in [5, 5.41) is 0. The van der Waals surface area contributed by atoms with E-state index in [-0.39, 0.29) is 24.2 Å². The van der Waals surface area contributed by atoms with Gasteiger partial charge in [0.2, 0.25) is 0 Å². The van der Waals surface area contributed by atoms with E-state index in [0.717, 1.165) is 44.4 Å². The van der Waals surface area contributed by atoms with Crippen molar-refractivity contribution in [1.29, 1.82) is 0 Å². The second-order valence-corrected chi connectivity index (χ2v) is 6.53. The molecule has 1 fully saturated rings. The molecule has 0 amide bonds. The molecule has 0 spiro atoms. The van der Waals surface area contributed by atoms with Gasteiger partial charge in [-0.2, -0.15) is 13.2 Å². The minimum atomic E-state index is -4.38. The third-order valence-corrected chi connectivity index (χ3v) is 4.42. The van der Waals surface area contributed by atoms with Crippen molar-refractivity contribution in [2.45, 2.75) is 38.8 Å². The number of hydrogen-bond donors (Lipinski definition) is 0. The van der Waals surface area contributed by atoms with Gasteiger partial charge in [-0.25, -0.2) is 0 Å². The second kappa shape index (κ2) is 9.80. The number of carbonyl (C=O) groups excluding carboxylic acids is 1. The van der Waals surface area contributed by atoms with Gasteiger partial charge in [0, 0.05) is 13.1 Å². The number of nitrogens with zero attached hydrogens (tertiary/aromatic N) is 1. The van der Waals surface area contributed by atoms with Crippen LogP contribution >= 0.6 is 0 Å². The van der Waals surface area contributed by atoms with Crippen LogP contribution in [0.3, 0.4) is 0 Å². The normalized spacial score (nSPS) is 18.5. The monoisotopic (exact) mass is 373 g/mol. The Bertz CT molecular complexity index is 577. The molecule has 1 aromatic rings. The largest absolute Gasteiger partial charge is 0.492 e. The molecule has 0 saturated carbocycles. The zero-order valence-electron chi connectivity index (χ0n) is 15.1. The van der Waals surface area contributed by atoms with Crippen LogP contribution in [0.2, 0.25) is 0 Å². The fraction of sp³-hybridized carbons (Fsp3) is 0.632. The van der Waals surface area contributed by atoms with Gasteiger partial charge < -0.3 is 9.47 Å². The summed E-state index contributed by atoms with van der Waals surface area (Å²) in [7, 11) is 0. The molecule has 7 heteroatoms. The number of ether oxygens (including phenoxy) is 2. The number of rotatable bonds is 8. The van der Waals surface area contributed by atoms with Crippen molar-refractivity contribution >= 4 is 5.97 Å². The Labute approximate surface area is 152 Å². The highest BCUT2D eigenvalue weighted by molar-refractivity contribution is 5.72. The third kappa shape index (κ3) is 6.52. The van der Waals surface area contributed by atoms with Crippen molar-refractivity contribution < 1.29 is 27.4 Å². The van der Waals surface area contributed by atoms with Crippen molar-refractivity contribution in [3.8, 4) is 5.75 Å². The van der Waals surface area contributed by atoms with E-state index < -0.39 is 11.7 Å². The molecule has 1 aliphatic heterocycles. The molecule has 26 heavy (non-hydrogen) atoms. The summed E-state index contributed by atoms with van der Waals surface area (Å²) >= 11 is 0. The van der Waals surface area contributed by atoms with Crippen LogP contribution in [0.1, 0.15) is 38.2 Å². The highest BCUT2D eigenvalue weighted by Gasteiger charge is 2.30. The molecule has 0 aliphatic carbocycles. The molecule has 0 aromatic heterocycles. The van der Waals surface area contributed by atoms with Crippen LogP contribution < -0.4 is 4.74 Å². The molecule has 1 unspecified atom stereocenters. The Kier molecular flexibility index (Phi) is 7.75. The molecule has 1 aromatic carbocycles. The molecule has 2 rings (SSSR count). The number of halogens is 3. The SMILES string of the molecule is CCCCOC(=O)C1CCCN(CCOc2cccc(C(F)(F)F)c2)C1. The van der Waals surface area contributed by atoms with E-state index in [1.807, 2.05) is 6.92 Å². The topological polar surface area (TPSA) is 38.8 Å². The smallest absolute Gasteiger partial charge is 0.416 e. The predicted octanol–water partition coefficient (Wildman–Crippen LogP) is 4.14.